The van der Waals surface area contributed by atoms with Gasteiger partial charge in [-0.15, -0.1) is 0 Å². The second-order valence-electron chi connectivity index (χ2n) is 5.25. The van der Waals surface area contributed by atoms with Crippen LogP contribution in [0.2, 0.25) is 0 Å². The zero-order chi connectivity index (χ0) is 17.3. The molecule has 24 heavy (non-hydrogen) atoms. The molecular formula is C17H12F4N2O. The number of halogens is 4. The van der Waals surface area contributed by atoms with Crippen molar-refractivity contribution in [3.8, 4) is 0 Å². The van der Waals surface area contributed by atoms with Crippen LogP contribution in [-0.4, -0.2) is 10.9 Å². The highest BCUT2D eigenvalue weighted by molar-refractivity contribution is 5.97. The Bertz CT molecular complexity index is 899. The first kappa shape index (κ1) is 16.0. The minimum absolute atomic E-state index is 0.0273. The van der Waals surface area contributed by atoms with E-state index in [9.17, 15) is 22.4 Å². The van der Waals surface area contributed by atoms with Crippen molar-refractivity contribution in [3.63, 3.8) is 0 Å². The van der Waals surface area contributed by atoms with E-state index in [2.05, 4.69) is 10.3 Å². The van der Waals surface area contributed by atoms with Crippen molar-refractivity contribution < 1.29 is 22.4 Å². The maximum Gasteiger partial charge on any atom is 0.416 e. The topological polar surface area (TPSA) is 44.9 Å². The molecule has 2 aromatic carbocycles. The Kier molecular flexibility index (Phi) is 4.01. The van der Waals surface area contributed by atoms with Crippen molar-refractivity contribution in [3.05, 3.63) is 71.2 Å². The molecular weight excluding hydrogens is 324 g/mol. The van der Waals surface area contributed by atoms with Crippen molar-refractivity contribution >= 4 is 16.8 Å². The number of aromatic nitrogens is 1. The fourth-order valence-corrected chi connectivity index (χ4v) is 2.45. The number of aromatic amines is 1. The lowest BCUT2D eigenvalue weighted by atomic mass is 10.1. The van der Waals surface area contributed by atoms with Gasteiger partial charge in [-0.25, -0.2) is 4.39 Å². The molecule has 3 aromatic rings. The fourth-order valence-electron chi connectivity index (χ4n) is 2.45. The average molecular weight is 336 g/mol. The van der Waals surface area contributed by atoms with Gasteiger partial charge >= 0.3 is 6.18 Å². The third-order valence-corrected chi connectivity index (χ3v) is 3.59. The largest absolute Gasteiger partial charge is 0.416 e. The molecule has 0 saturated heterocycles. The number of hydrogen-bond acceptors (Lipinski definition) is 1. The highest BCUT2D eigenvalue weighted by atomic mass is 19.4. The number of nitrogens with one attached hydrogen (secondary N) is 2. The molecule has 0 saturated carbocycles. The summed E-state index contributed by atoms with van der Waals surface area (Å²) >= 11 is 0. The molecule has 0 aliphatic rings. The number of carbonyl (C=O) groups excluding carboxylic acids is 1. The summed E-state index contributed by atoms with van der Waals surface area (Å²) in [6.45, 7) is -0.266. The van der Waals surface area contributed by atoms with Crippen LogP contribution in [0, 0.1) is 5.82 Å². The first-order valence-corrected chi connectivity index (χ1v) is 7.06. The van der Waals surface area contributed by atoms with E-state index in [1.807, 2.05) is 0 Å². The second-order valence-corrected chi connectivity index (χ2v) is 5.25. The SMILES string of the molecule is O=C(NCc1ccccc1C(F)(F)F)c1cc2cc(F)ccc2[nH]1. The minimum atomic E-state index is -4.49. The summed E-state index contributed by atoms with van der Waals surface area (Å²) in [6.07, 6.45) is -4.49. The molecule has 124 valence electrons. The van der Waals surface area contributed by atoms with Gasteiger partial charge < -0.3 is 10.3 Å². The highest BCUT2D eigenvalue weighted by Gasteiger charge is 2.32. The van der Waals surface area contributed by atoms with Gasteiger partial charge in [0.2, 0.25) is 0 Å². The summed E-state index contributed by atoms with van der Waals surface area (Å²) in [6, 6.07) is 10.5. The van der Waals surface area contributed by atoms with Crippen LogP contribution in [0.15, 0.2) is 48.5 Å². The van der Waals surface area contributed by atoms with E-state index in [-0.39, 0.29) is 17.8 Å². The normalized spacial score (nSPS) is 11.7. The number of carbonyl (C=O) groups is 1. The molecule has 0 fully saturated rings. The van der Waals surface area contributed by atoms with Gasteiger partial charge in [0, 0.05) is 17.4 Å². The Hall–Kier alpha value is -2.83. The number of H-pyrrole nitrogens is 1. The van der Waals surface area contributed by atoms with Crippen LogP contribution in [0.25, 0.3) is 10.9 Å². The van der Waals surface area contributed by atoms with E-state index in [4.69, 9.17) is 0 Å². The summed E-state index contributed by atoms with van der Waals surface area (Å²) in [5, 5.41) is 2.95. The summed E-state index contributed by atoms with van der Waals surface area (Å²) < 4.78 is 51.9. The van der Waals surface area contributed by atoms with E-state index >= 15 is 0 Å². The zero-order valence-electron chi connectivity index (χ0n) is 12.2. The number of rotatable bonds is 3. The maximum absolute atomic E-state index is 13.2. The first-order valence-electron chi connectivity index (χ1n) is 7.06. The molecule has 2 N–H and O–H groups in total. The van der Waals surface area contributed by atoms with Gasteiger partial charge in [0.05, 0.1) is 5.56 Å². The summed E-state index contributed by atoms with van der Waals surface area (Å²) in [4.78, 5) is 14.9. The van der Waals surface area contributed by atoms with Gasteiger partial charge in [-0.2, -0.15) is 13.2 Å². The molecule has 0 radical (unpaired) electrons. The number of fused-ring (bicyclic) bond motifs is 1. The van der Waals surface area contributed by atoms with E-state index in [0.29, 0.717) is 10.9 Å². The fraction of sp³-hybridized carbons (Fsp3) is 0.118. The third kappa shape index (κ3) is 3.24. The molecule has 1 heterocycles. The lowest BCUT2D eigenvalue weighted by molar-refractivity contribution is -0.138. The molecule has 1 aromatic heterocycles. The quantitative estimate of drug-likeness (QED) is 0.690. The van der Waals surface area contributed by atoms with Crippen molar-refractivity contribution in [2.75, 3.05) is 0 Å². The predicted molar refractivity (Wildman–Crippen MR) is 80.9 cm³/mol. The second kappa shape index (κ2) is 5.99. The molecule has 0 aliphatic heterocycles. The molecule has 0 atom stereocenters. The summed E-state index contributed by atoms with van der Waals surface area (Å²) in [5.74, 6) is -1.00. The van der Waals surface area contributed by atoms with Gasteiger partial charge in [0.25, 0.3) is 5.91 Å². The smallest absolute Gasteiger partial charge is 0.351 e. The molecule has 1 amide bonds. The van der Waals surface area contributed by atoms with Crippen LogP contribution >= 0.6 is 0 Å². The monoisotopic (exact) mass is 336 g/mol. The Morgan fingerprint density at radius 1 is 1.08 bits per heavy atom. The Balaban J connectivity index is 1.78. The van der Waals surface area contributed by atoms with Crippen molar-refractivity contribution in [2.45, 2.75) is 12.7 Å². The maximum atomic E-state index is 13.2. The van der Waals surface area contributed by atoms with E-state index < -0.39 is 23.5 Å². The summed E-state index contributed by atoms with van der Waals surface area (Å²) in [5.41, 5.74) is -0.0955. The van der Waals surface area contributed by atoms with Crippen LogP contribution in [0.4, 0.5) is 17.6 Å². The minimum Gasteiger partial charge on any atom is -0.351 e. The molecule has 0 spiro atoms. The van der Waals surface area contributed by atoms with Crippen molar-refractivity contribution in [1.29, 1.82) is 0 Å². The average Bonchev–Trinajstić information content (AvgIpc) is 2.95. The van der Waals surface area contributed by atoms with E-state index in [0.717, 1.165) is 6.07 Å². The van der Waals surface area contributed by atoms with Crippen LogP contribution in [0.5, 0.6) is 0 Å². The Labute approximate surface area is 134 Å². The van der Waals surface area contributed by atoms with Gasteiger partial charge in [0.15, 0.2) is 0 Å². The van der Waals surface area contributed by atoms with Gasteiger partial charge in [-0.3, -0.25) is 4.79 Å². The van der Waals surface area contributed by atoms with Crippen molar-refractivity contribution in [1.82, 2.24) is 10.3 Å². The molecule has 0 aliphatic carbocycles. The summed E-state index contributed by atoms with van der Waals surface area (Å²) in [7, 11) is 0. The van der Waals surface area contributed by atoms with Gasteiger partial charge in [-0.1, -0.05) is 18.2 Å². The number of hydrogen-bond donors (Lipinski definition) is 2. The lowest BCUT2D eigenvalue weighted by Gasteiger charge is -2.12. The van der Waals surface area contributed by atoms with E-state index in [1.165, 1.54) is 42.5 Å². The Morgan fingerprint density at radius 3 is 2.58 bits per heavy atom. The molecule has 3 rings (SSSR count). The third-order valence-electron chi connectivity index (χ3n) is 3.59. The Morgan fingerprint density at radius 2 is 1.83 bits per heavy atom. The number of amides is 1. The van der Waals surface area contributed by atoms with Gasteiger partial charge in [0.1, 0.15) is 11.5 Å². The van der Waals surface area contributed by atoms with Crippen molar-refractivity contribution in [2.24, 2.45) is 0 Å². The van der Waals surface area contributed by atoms with Crippen LogP contribution in [0.1, 0.15) is 21.6 Å². The van der Waals surface area contributed by atoms with Crippen LogP contribution in [-0.2, 0) is 12.7 Å². The molecule has 3 nitrogen and oxygen atoms in total. The van der Waals surface area contributed by atoms with Gasteiger partial charge in [-0.05, 0) is 35.9 Å². The number of benzene rings is 2. The van der Waals surface area contributed by atoms with Crippen LogP contribution in [0.3, 0.4) is 0 Å². The van der Waals surface area contributed by atoms with E-state index in [1.54, 1.807) is 0 Å². The molecule has 0 bridgehead atoms. The van der Waals surface area contributed by atoms with Crippen LogP contribution < -0.4 is 5.32 Å². The first-order chi connectivity index (χ1) is 11.3. The highest BCUT2D eigenvalue weighted by Crippen LogP contribution is 2.31. The molecule has 7 heteroatoms. The number of alkyl halides is 3. The zero-order valence-corrected chi connectivity index (χ0v) is 12.2. The lowest BCUT2D eigenvalue weighted by Crippen LogP contribution is -2.24. The standard InChI is InChI=1S/C17H12F4N2O/c18-12-5-6-14-11(7-12)8-15(23-14)16(24)22-9-10-3-1-2-4-13(10)17(19,20)21/h1-8,23H,9H2,(H,22,24). The molecule has 0 unspecified atom stereocenters. The predicted octanol–water partition coefficient (Wildman–Crippen LogP) is 4.26.